The van der Waals surface area contributed by atoms with Crippen molar-refractivity contribution in [3.63, 3.8) is 0 Å². The van der Waals surface area contributed by atoms with Crippen LogP contribution in [0.4, 0.5) is 18.9 Å². The van der Waals surface area contributed by atoms with Gasteiger partial charge < -0.3 is 15.6 Å². The largest absolute Gasteiger partial charge is 0.573 e. The average Bonchev–Trinajstić information content (AvgIpc) is 2.91. The summed E-state index contributed by atoms with van der Waals surface area (Å²) in [5.74, 6) is -0.750. The van der Waals surface area contributed by atoms with Crippen LogP contribution in [0.5, 0.6) is 11.6 Å². The molecule has 4 rings (SSSR count). The molecule has 0 bridgehead atoms. The van der Waals surface area contributed by atoms with Gasteiger partial charge >= 0.3 is 12.1 Å². The van der Waals surface area contributed by atoms with Crippen LogP contribution in [0.15, 0.2) is 59.5 Å². The summed E-state index contributed by atoms with van der Waals surface area (Å²) in [5.41, 5.74) is 7.94. The molecule has 0 fully saturated rings. The average molecular weight is 430 g/mol. The highest BCUT2D eigenvalue weighted by Gasteiger charge is 2.31. The number of hydrogen-bond donors (Lipinski definition) is 2. The third-order valence-corrected chi connectivity index (χ3v) is 4.90. The summed E-state index contributed by atoms with van der Waals surface area (Å²) in [6.45, 7) is 1.69. The predicted octanol–water partition coefficient (Wildman–Crippen LogP) is 3.73. The fourth-order valence-electron chi connectivity index (χ4n) is 3.46. The van der Waals surface area contributed by atoms with Crippen LogP contribution in [0.2, 0.25) is 0 Å². The summed E-state index contributed by atoms with van der Waals surface area (Å²) < 4.78 is 43.3. The lowest BCUT2D eigenvalue weighted by atomic mass is 10.1. The van der Waals surface area contributed by atoms with E-state index in [1.807, 2.05) is 0 Å². The number of benzene rings is 2. The quantitative estimate of drug-likeness (QED) is 0.481. The lowest BCUT2D eigenvalue weighted by molar-refractivity contribution is -0.274. The van der Waals surface area contributed by atoms with E-state index < -0.39 is 17.8 Å². The standard InChI is InChI=1S/C21H17F3N4O3/c1-12-19(29)28(14-5-7-15(8-6-14)31-21(22,23)24)20(30)27(12)11-13-9-10-26-17-4-2-3-16(25)18(13)17/h2-10,29H,11,25H2,1H3. The number of hydrogen-bond acceptors (Lipinski definition) is 5. The van der Waals surface area contributed by atoms with Gasteiger partial charge in [0.15, 0.2) is 0 Å². The molecule has 0 aliphatic heterocycles. The molecule has 0 spiro atoms. The van der Waals surface area contributed by atoms with E-state index in [9.17, 15) is 23.1 Å². The molecule has 7 nitrogen and oxygen atoms in total. The first-order chi connectivity index (χ1) is 14.7. The Morgan fingerprint density at radius 3 is 2.52 bits per heavy atom. The van der Waals surface area contributed by atoms with E-state index in [1.54, 1.807) is 37.4 Å². The smallest absolute Gasteiger partial charge is 0.493 e. The number of rotatable bonds is 4. The number of fused-ring (bicyclic) bond motifs is 1. The summed E-state index contributed by atoms with van der Waals surface area (Å²) in [5, 5.41) is 11.3. The van der Waals surface area contributed by atoms with Gasteiger partial charge in [-0.3, -0.25) is 9.55 Å². The van der Waals surface area contributed by atoms with Crippen molar-refractivity contribution in [1.29, 1.82) is 0 Å². The molecule has 0 aliphatic carbocycles. The van der Waals surface area contributed by atoms with E-state index in [2.05, 4.69) is 9.72 Å². The van der Waals surface area contributed by atoms with Crippen molar-refractivity contribution < 1.29 is 23.0 Å². The number of aromatic hydroxyl groups is 1. The zero-order valence-corrected chi connectivity index (χ0v) is 16.2. The number of nitrogen functional groups attached to an aromatic ring is 1. The van der Waals surface area contributed by atoms with Crippen molar-refractivity contribution in [2.75, 3.05) is 5.73 Å². The lowest BCUT2D eigenvalue weighted by Crippen LogP contribution is -2.24. The van der Waals surface area contributed by atoms with Crippen LogP contribution in [0, 0.1) is 6.92 Å². The molecular weight excluding hydrogens is 413 g/mol. The van der Waals surface area contributed by atoms with Crippen LogP contribution in [0.25, 0.3) is 16.6 Å². The minimum atomic E-state index is -4.82. The number of halogens is 3. The highest BCUT2D eigenvalue weighted by molar-refractivity contribution is 5.92. The van der Waals surface area contributed by atoms with Crippen molar-refractivity contribution in [2.24, 2.45) is 0 Å². The molecule has 31 heavy (non-hydrogen) atoms. The van der Waals surface area contributed by atoms with Gasteiger partial charge in [0, 0.05) is 17.3 Å². The van der Waals surface area contributed by atoms with Gasteiger partial charge in [-0.05, 0) is 55.0 Å². The number of pyridine rings is 1. The first-order valence-electron chi connectivity index (χ1n) is 9.15. The molecule has 0 saturated heterocycles. The summed E-state index contributed by atoms with van der Waals surface area (Å²) in [6.07, 6.45) is -3.22. The Kier molecular flexibility index (Phi) is 4.84. The molecule has 10 heteroatoms. The third-order valence-electron chi connectivity index (χ3n) is 4.90. The fraction of sp³-hybridized carbons (Fsp3) is 0.143. The highest BCUT2D eigenvalue weighted by Crippen LogP contribution is 2.27. The van der Waals surface area contributed by atoms with E-state index >= 15 is 0 Å². The molecule has 2 aromatic heterocycles. The first kappa shape index (κ1) is 20.3. The van der Waals surface area contributed by atoms with E-state index in [1.165, 1.54) is 16.7 Å². The Labute approximate surface area is 173 Å². The Hall–Kier alpha value is -3.95. The molecule has 0 saturated carbocycles. The van der Waals surface area contributed by atoms with Gasteiger partial charge in [0.25, 0.3) is 0 Å². The Bertz CT molecular complexity index is 1320. The number of nitrogens with two attached hydrogens (primary N) is 1. The maximum atomic E-state index is 13.1. The second kappa shape index (κ2) is 7.38. The molecule has 4 aromatic rings. The summed E-state index contributed by atoms with van der Waals surface area (Å²) in [6, 6.07) is 11.7. The molecule has 0 radical (unpaired) electrons. The number of aromatic nitrogens is 3. The van der Waals surface area contributed by atoms with Crippen LogP contribution >= 0.6 is 0 Å². The second-order valence-electron chi connectivity index (χ2n) is 6.87. The van der Waals surface area contributed by atoms with Gasteiger partial charge in [-0.2, -0.15) is 0 Å². The molecule has 0 unspecified atom stereocenters. The Morgan fingerprint density at radius 2 is 1.84 bits per heavy atom. The number of alkyl halides is 3. The fourth-order valence-corrected chi connectivity index (χ4v) is 3.46. The van der Waals surface area contributed by atoms with Crippen molar-refractivity contribution in [3.05, 3.63) is 76.5 Å². The van der Waals surface area contributed by atoms with Crippen molar-refractivity contribution in [2.45, 2.75) is 19.8 Å². The highest BCUT2D eigenvalue weighted by atomic mass is 19.4. The maximum Gasteiger partial charge on any atom is 0.573 e. The van der Waals surface area contributed by atoms with Gasteiger partial charge in [-0.1, -0.05) is 6.07 Å². The van der Waals surface area contributed by atoms with E-state index in [-0.39, 0.29) is 18.1 Å². The topological polar surface area (TPSA) is 95.3 Å². The van der Waals surface area contributed by atoms with Crippen molar-refractivity contribution in [1.82, 2.24) is 14.1 Å². The van der Waals surface area contributed by atoms with Gasteiger partial charge in [-0.15, -0.1) is 13.2 Å². The molecule has 3 N–H and O–H groups in total. The first-order valence-corrected chi connectivity index (χ1v) is 9.15. The number of anilines is 1. The minimum absolute atomic E-state index is 0.119. The minimum Gasteiger partial charge on any atom is -0.493 e. The van der Waals surface area contributed by atoms with E-state index in [4.69, 9.17) is 5.73 Å². The SMILES string of the molecule is Cc1c(O)n(-c2ccc(OC(F)(F)F)cc2)c(=O)n1Cc1ccnc2cccc(N)c12. The van der Waals surface area contributed by atoms with Crippen LogP contribution < -0.4 is 16.2 Å². The zero-order valence-electron chi connectivity index (χ0n) is 16.2. The normalized spacial score (nSPS) is 11.7. The van der Waals surface area contributed by atoms with E-state index in [0.29, 0.717) is 22.3 Å². The summed E-state index contributed by atoms with van der Waals surface area (Å²) in [7, 11) is 0. The van der Waals surface area contributed by atoms with Gasteiger partial charge in [0.05, 0.1) is 23.4 Å². The molecule has 2 aromatic carbocycles. The van der Waals surface area contributed by atoms with Crippen LogP contribution in [-0.2, 0) is 6.54 Å². The summed E-state index contributed by atoms with van der Waals surface area (Å²) in [4.78, 5) is 17.3. The molecule has 0 atom stereocenters. The van der Waals surface area contributed by atoms with E-state index in [0.717, 1.165) is 22.3 Å². The van der Waals surface area contributed by atoms with Crippen LogP contribution in [-0.4, -0.2) is 25.6 Å². The van der Waals surface area contributed by atoms with Crippen LogP contribution in [0.1, 0.15) is 11.3 Å². The number of ether oxygens (including phenoxy) is 1. The van der Waals surface area contributed by atoms with Crippen LogP contribution in [0.3, 0.4) is 0 Å². The third kappa shape index (κ3) is 3.79. The Balaban J connectivity index is 1.75. The zero-order chi connectivity index (χ0) is 22.3. The molecule has 160 valence electrons. The monoisotopic (exact) mass is 430 g/mol. The van der Waals surface area contributed by atoms with Gasteiger partial charge in [0.2, 0.25) is 5.88 Å². The molecule has 0 amide bonds. The number of nitrogens with zero attached hydrogens (tertiary/aromatic N) is 3. The van der Waals surface area contributed by atoms with Crippen molar-refractivity contribution >= 4 is 16.6 Å². The molecule has 2 heterocycles. The number of imidazole rings is 1. The Morgan fingerprint density at radius 1 is 1.13 bits per heavy atom. The lowest BCUT2D eigenvalue weighted by Gasteiger charge is -2.10. The maximum absolute atomic E-state index is 13.1. The second-order valence-corrected chi connectivity index (χ2v) is 6.87. The van der Waals surface area contributed by atoms with Gasteiger partial charge in [0.1, 0.15) is 5.75 Å². The van der Waals surface area contributed by atoms with Crippen molar-refractivity contribution in [3.8, 4) is 17.3 Å². The van der Waals surface area contributed by atoms with Gasteiger partial charge in [-0.25, -0.2) is 9.36 Å². The molecular formula is C21H17F3N4O3. The summed E-state index contributed by atoms with van der Waals surface area (Å²) >= 11 is 0. The predicted molar refractivity (Wildman–Crippen MR) is 108 cm³/mol. The molecule has 0 aliphatic rings.